The maximum Gasteiger partial charge on any atom is 0.255 e. The van der Waals surface area contributed by atoms with Crippen molar-refractivity contribution in [2.24, 2.45) is 17.5 Å². The Morgan fingerprint density at radius 1 is 0.955 bits per heavy atom. The first kappa shape index (κ1) is 34.7. The van der Waals surface area contributed by atoms with Crippen LogP contribution in [0.5, 0.6) is 5.75 Å². The summed E-state index contributed by atoms with van der Waals surface area (Å²) < 4.78 is 5.91. The standard InChI is InChI=1S/C32H51N7O5/c1-23(2)19-26-31(42)39-18-12-14-27(39)32(43)37(3)21-29(40)35-16-10-6-4-5-7-11-17-38(34)20-24(33)22-44-28-15-9-8-13-25(28)30(41)36-26/h8-9,13,15,20,23,26-27H,4-7,10-12,14,16-19,21-22,33-34H2,1-3H3,(H,35,40)(H,36,41)/b24-20-. The Hall–Kier alpha value is -3.80. The van der Waals surface area contributed by atoms with Crippen molar-refractivity contribution in [2.75, 3.05) is 39.8 Å². The SMILES string of the molecule is CC(C)CC1NC(=O)c2ccccc2OC/C(N)=C/N(N)CCCCCCCCNC(=O)CN(C)C(=O)C2CCCN2C1=O. The normalized spacial score (nSPS) is 24.1. The van der Waals surface area contributed by atoms with Crippen LogP contribution in [-0.4, -0.2) is 90.4 Å². The van der Waals surface area contributed by atoms with Gasteiger partial charge in [0.15, 0.2) is 0 Å². The molecule has 0 saturated carbocycles. The van der Waals surface area contributed by atoms with Gasteiger partial charge >= 0.3 is 0 Å². The second-order valence-corrected chi connectivity index (χ2v) is 12.2. The van der Waals surface area contributed by atoms with Crippen molar-refractivity contribution in [3.05, 3.63) is 41.7 Å². The van der Waals surface area contributed by atoms with Crippen LogP contribution in [0.1, 0.15) is 82.0 Å². The van der Waals surface area contributed by atoms with Gasteiger partial charge in [0.1, 0.15) is 24.4 Å². The summed E-state index contributed by atoms with van der Waals surface area (Å²) in [6.45, 7) is 5.51. The van der Waals surface area contributed by atoms with E-state index in [2.05, 4.69) is 10.6 Å². The number of nitrogens with zero attached hydrogens (tertiary/aromatic N) is 3. The van der Waals surface area contributed by atoms with Crippen LogP contribution in [0.4, 0.5) is 0 Å². The molecule has 0 bridgehead atoms. The predicted octanol–water partition coefficient (Wildman–Crippen LogP) is 2.11. The molecule has 2 heterocycles. The van der Waals surface area contributed by atoms with Gasteiger partial charge in [-0.05, 0) is 50.2 Å². The molecule has 6 N–H and O–H groups in total. The lowest BCUT2D eigenvalue weighted by atomic mass is 10.0. The second-order valence-electron chi connectivity index (χ2n) is 12.2. The number of fused-ring (bicyclic) bond motifs is 2. The number of hydrogen-bond acceptors (Lipinski definition) is 8. The Balaban J connectivity index is 1.81. The summed E-state index contributed by atoms with van der Waals surface area (Å²) in [5, 5.41) is 7.36. The van der Waals surface area contributed by atoms with Gasteiger partial charge in [0, 0.05) is 32.9 Å². The highest BCUT2D eigenvalue weighted by atomic mass is 16.5. The molecule has 0 aromatic heterocycles. The zero-order valence-electron chi connectivity index (χ0n) is 26.6. The summed E-state index contributed by atoms with van der Waals surface area (Å²) in [6, 6.07) is 5.27. The molecule has 0 radical (unpaired) electrons. The number of carbonyl (C=O) groups is 4. The number of hydrazine groups is 1. The summed E-state index contributed by atoms with van der Waals surface area (Å²) in [4.78, 5) is 56.3. The van der Waals surface area contributed by atoms with Crippen LogP contribution >= 0.6 is 0 Å². The van der Waals surface area contributed by atoms with Gasteiger partial charge in [0.25, 0.3) is 5.91 Å². The molecule has 12 nitrogen and oxygen atoms in total. The van der Waals surface area contributed by atoms with Crippen molar-refractivity contribution in [2.45, 2.75) is 83.7 Å². The minimum Gasteiger partial charge on any atom is -0.487 e. The Labute approximate surface area is 261 Å². The molecule has 2 atom stereocenters. The van der Waals surface area contributed by atoms with E-state index in [1.165, 1.54) is 4.90 Å². The predicted molar refractivity (Wildman–Crippen MR) is 169 cm³/mol. The lowest BCUT2D eigenvalue weighted by Gasteiger charge is -2.31. The molecule has 0 spiro atoms. The first-order valence-corrected chi connectivity index (χ1v) is 15.9. The summed E-state index contributed by atoms with van der Waals surface area (Å²) in [5.74, 6) is 5.27. The zero-order chi connectivity index (χ0) is 32.1. The average molecular weight is 614 g/mol. The highest BCUT2D eigenvalue weighted by Crippen LogP contribution is 2.23. The average Bonchev–Trinajstić information content (AvgIpc) is 3.47. The van der Waals surface area contributed by atoms with E-state index in [4.69, 9.17) is 16.3 Å². The van der Waals surface area contributed by atoms with Gasteiger partial charge in [-0.25, -0.2) is 5.84 Å². The second kappa shape index (κ2) is 17.5. The number of amides is 4. The number of carbonyl (C=O) groups excluding carboxylic acids is 4. The number of benzene rings is 1. The van der Waals surface area contributed by atoms with E-state index >= 15 is 0 Å². The number of rotatable bonds is 2. The van der Waals surface area contributed by atoms with Crippen LogP contribution in [0.3, 0.4) is 0 Å². The van der Waals surface area contributed by atoms with Crippen LogP contribution in [0.2, 0.25) is 0 Å². The van der Waals surface area contributed by atoms with Crippen molar-refractivity contribution >= 4 is 23.6 Å². The van der Waals surface area contributed by atoms with E-state index in [9.17, 15) is 19.2 Å². The van der Waals surface area contributed by atoms with Crippen molar-refractivity contribution in [3.63, 3.8) is 0 Å². The van der Waals surface area contributed by atoms with Gasteiger partial charge in [-0.1, -0.05) is 51.7 Å². The smallest absolute Gasteiger partial charge is 0.255 e. The van der Waals surface area contributed by atoms with Crippen molar-refractivity contribution in [1.82, 2.24) is 25.4 Å². The molecule has 4 amide bonds. The van der Waals surface area contributed by atoms with E-state index in [-0.39, 0.29) is 42.4 Å². The van der Waals surface area contributed by atoms with E-state index in [1.807, 2.05) is 13.8 Å². The van der Waals surface area contributed by atoms with Gasteiger partial charge in [0.05, 0.1) is 17.8 Å². The summed E-state index contributed by atoms with van der Waals surface area (Å²) in [5.41, 5.74) is 6.85. The fourth-order valence-corrected chi connectivity index (χ4v) is 5.63. The molecule has 2 aliphatic heterocycles. The minimum atomic E-state index is -0.841. The summed E-state index contributed by atoms with van der Waals surface area (Å²) in [7, 11) is 1.59. The van der Waals surface area contributed by atoms with E-state index in [0.717, 1.165) is 38.5 Å². The van der Waals surface area contributed by atoms with Gasteiger partial charge in [0.2, 0.25) is 17.7 Å². The molecule has 244 valence electrons. The highest BCUT2D eigenvalue weighted by Gasteiger charge is 2.39. The molecule has 44 heavy (non-hydrogen) atoms. The topological polar surface area (TPSA) is 163 Å². The maximum absolute atomic E-state index is 13.9. The molecule has 12 heteroatoms. The molecule has 2 aliphatic rings. The van der Waals surface area contributed by atoms with Crippen LogP contribution in [0, 0.1) is 5.92 Å². The maximum atomic E-state index is 13.9. The number of hydrogen-bond donors (Lipinski definition) is 4. The molecule has 2 unspecified atom stereocenters. The first-order chi connectivity index (χ1) is 21.1. The van der Waals surface area contributed by atoms with Crippen molar-refractivity contribution in [3.8, 4) is 5.75 Å². The first-order valence-electron chi connectivity index (χ1n) is 15.9. The molecule has 3 rings (SSSR count). The minimum absolute atomic E-state index is 0.0357. The Kier molecular flexibility index (Phi) is 13.8. The lowest BCUT2D eigenvalue weighted by molar-refractivity contribution is -0.145. The number of ether oxygens (including phenoxy) is 1. The molecule has 1 aromatic rings. The largest absolute Gasteiger partial charge is 0.487 e. The van der Waals surface area contributed by atoms with Crippen molar-refractivity contribution < 1.29 is 23.9 Å². The fourth-order valence-electron chi connectivity index (χ4n) is 5.63. The van der Waals surface area contributed by atoms with Crippen LogP contribution < -0.4 is 26.9 Å². The van der Waals surface area contributed by atoms with Gasteiger partial charge in [-0.15, -0.1) is 0 Å². The third-order valence-electron chi connectivity index (χ3n) is 7.91. The van der Waals surface area contributed by atoms with Gasteiger partial charge in [-0.3, -0.25) is 19.2 Å². The quantitative estimate of drug-likeness (QED) is 0.369. The van der Waals surface area contributed by atoms with E-state index < -0.39 is 18.0 Å². The van der Waals surface area contributed by atoms with Gasteiger partial charge < -0.3 is 35.9 Å². The molecular weight excluding hydrogens is 562 g/mol. The Morgan fingerprint density at radius 2 is 1.66 bits per heavy atom. The summed E-state index contributed by atoms with van der Waals surface area (Å²) in [6.07, 6.45) is 9.12. The fraction of sp³-hybridized carbons (Fsp3) is 0.625. The Morgan fingerprint density at radius 3 is 2.41 bits per heavy atom. The Bertz CT molecular complexity index is 1160. The third kappa shape index (κ3) is 10.7. The third-order valence-corrected chi connectivity index (χ3v) is 7.91. The van der Waals surface area contributed by atoms with E-state index in [0.29, 0.717) is 50.3 Å². The van der Waals surface area contributed by atoms with E-state index in [1.54, 1.807) is 47.4 Å². The van der Waals surface area contributed by atoms with Crippen LogP contribution in [0.25, 0.3) is 0 Å². The van der Waals surface area contributed by atoms with Crippen molar-refractivity contribution in [1.29, 1.82) is 0 Å². The van der Waals surface area contributed by atoms with Gasteiger partial charge in [-0.2, -0.15) is 0 Å². The van der Waals surface area contributed by atoms with Crippen LogP contribution in [0.15, 0.2) is 36.2 Å². The summed E-state index contributed by atoms with van der Waals surface area (Å²) >= 11 is 0. The molecule has 1 saturated heterocycles. The number of nitrogens with one attached hydrogen (secondary N) is 2. The molecule has 1 aromatic carbocycles. The zero-order valence-corrected chi connectivity index (χ0v) is 26.6. The van der Waals surface area contributed by atoms with Crippen LogP contribution in [-0.2, 0) is 14.4 Å². The number of likely N-dealkylation sites (N-methyl/N-ethyl adjacent to an activating group) is 1. The highest BCUT2D eigenvalue weighted by molar-refractivity contribution is 6.00. The molecule has 0 aliphatic carbocycles. The number of para-hydroxylation sites is 1. The monoisotopic (exact) mass is 613 g/mol. The molecule has 1 fully saturated rings. The number of nitrogens with two attached hydrogens (primary N) is 2. The molecular formula is C32H51N7O5. The lowest BCUT2D eigenvalue weighted by Crippen LogP contribution is -2.54.